The Morgan fingerprint density at radius 2 is 1.75 bits per heavy atom. The molecule has 4 rings (SSSR count). The normalized spacial score (nSPS) is 22.4. The van der Waals surface area contributed by atoms with Crippen molar-refractivity contribution in [3.63, 3.8) is 0 Å². The van der Waals surface area contributed by atoms with Crippen LogP contribution in [0.15, 0.2) is 65.3 Å². The smallest absolute Gasteiger partial charge is 0.283 e. The Morgan fingerprint density at radius 3 is 2.41 bits per heavy atom. The minimum atomic E-state index is -0.380. The van der Waals surface area contributed by atoms with Crippen LogP contribution < -0.4 is 4.90 Å². The second kappa shape index (κ2) is 9.69. The van der Waals surface area contributed by atoms with Gasteiger partial charge in [-0.25, -0.2) is 9.38 Å². The van der Waals surface area contributed by atoms with E-state index in [1.807, 2.05) is 35.2 Å². The molecule has 2 aromatic rings. The molecule has 0 aromatic heterocycles. The number of thioether (sulfide) groups is 1. The number of aliphatic imine (C=N–C) groups is 1. The molecule has 2 aliphatic rings. The molecule has 0 unspecified atom stereocenters. The Hall–Kier alpha value is -2.93. The largest absolute Gasteiger partial charge is 0.341 e. The lowest BCUT2D eigenvalue weighted by Crippen LogP contribution is -2.43. The molecular weight excluding hydrogens is 425 g/mol. The van der Waals surface area contributed by atoms with E-state index in [4.69, 9.17) is 0 Å². The zero-order chi connectivity index (χ0) is 22.7. The maximum atomic E-state index is 13.5. The summed E-state index contributed by atoms with van der Waals surface area (Å²) in [7, 11) is 0. The molecular formula is C25H26FN3O2S. The van der Waals surface area contributed by atoms with Crippen molar-refractivity contribution < 1.29 is 14.0 Å². The molecule has 2 heterocycles. The number of carbonyl (C=O) groups is 2. The van der Waals surface area contributed by atoms with Gasteiger partial charge in [-0.3, -0.25) is 14.5 Å². The molecule has 2 atom stereocenters. The van der Waals surface area contributed by atoms with Crippen LogP contribution in [0, 0.1) is 17.7 Å². The van der Waals surface area contributed by atoms with Crippen LogP contribution in [0.2, 0.25) is 0 Å². The summed E-state index contributed by atoms with van der Waals surface area (Å²) < 4.78 is 13.5. The van der Waals surface area contributed by atoms with E-state index in [-0.39, 0.29) is 29.1 Å². The van der Waals surface area contributed by atoms with Gasteiger partial charge in [-0.2, -0.15) is 0 Å². The van der Waals surface area contributed by atoms with Gasteiger partial charge in [0.25, 0.3) is 5.91 Å². The van der Waals surface area contributed by atoms with Gasteiger partial charge in [0.2, 0.25) is 5.91 Å². The number of amidine groups is 1. The van der Waals surface area contributed by atoms with Crippen LogP contribution in [0.1, 0.15) is 25.8 Å². The standard InChI is InChI=1S/C25H26FN3O2S/c1-17-12-18(2)15-28(14-17)23(30)16-32-25-27-22(13-19-6-4-3-5-7-19)24(31)29(25)21-10-8-20(26)9-11-21/h3-11,13,17-18H,12,14-16H2,1-2H3/b22-13-/t17-,18+. The van der Waals surface area contributed by atoms with Crippen LogP contribution in [-0.4, -0.2) is 40.7 Å². The van der Waals surface area contributed by atoms with Crippen LogP contribution in [0.3, 0.4) is 0 Å². The SMILES string of the molecule is C[C@@H]1C[C@H](C)CN(C(=O)CSC2=N/C(=C\c3ccccc3)C(=O)N2c2ccc(F)cc2)C1. The molecule has 0 saturated carbocycles. The fourth-order valence-corrected chi connectivity index (χ4v) is 5.12. The number of piperidine rings is 1. The molecule has 1 fully saturated rings. The zero-order valence-corrected chi connectivity index (χ0v) is 19.0. The fraction of sp³-hybridized carbons (Fsp3) is 0.320. The molecule has 2 amide bonds. The van der Waals surface area contributed by atoms with Crippen LogP contribution in [0.4, 0.5) is 10.1 Å². The van der Waals surface area contributed by atoms with Gasteiger partial charge in [-0.1, -0.05) is 55.9 Å². The van der Waals surface area contributed by atoms with E-state index in [9.17, 15) is 14.0 Å². The van der Waals surface area contributed by atoms with Crippen molar-refractivity contribution in [2.24, 2.45) is 16.8 Å². The van der Waals surface area contributed by atoms with Crippen molar-refractivity contribution in [1.29, 1.82) is 0 Å². The van der Waals surface area contributed by atoms with E-state index in [0.29, 0.717) is 22.7 Å². The number of halogens is 1. The van der Waals surface area contributed by atoms with E-state index in [1.54, 1.807) is 18.2 Å². The summed E-state index contributed by atoms with van der Waals surface area (Å²) in [5.41, 5.74) is 1.67. The average molecular weight is 452 g/mol. The summed E-state index contributed by atoms with van der Waals surface area (Å²) in [6, 6.07) is 15.2. The second-order valence-corrected chi connectivity index (χ2v) is 9.43. The predicted octanol–water partition coefficient (Wildman–Crippen LogP) is 4.81. The Bertz CT molecular complexity index is 1040. The maximum absolute atomic E-state index is 13.5. The maximum Gasteiger partial charge on any atom is 0.283 e. The number of amides is 2. The molecule has 0 N–H and O–H groups in total. The zero-order valence-electron chi connectivity index (χ0n) is 18.2. The summed E-state index contributed by atoms with van der Waals surface area (Å²) >= 11 is 1.24. The van der Waals surface area contributed by atoms with E-state index in [2.05, 4.69) is 18.8 Å². The predicted molar refractivity (Wildman–Crippen MR) is 128 cm³/mol. The highest BCUT2D eigenvalue weighted by molar-refractivity contribution is 8.14. The second-order valence-electron chi connectivity index (χ2n) is 8.49. The molecule has 166 valence electrons. The van der Waals surface area contributed by atoms with E-state index in [1.165, 1.54) is 28.8 Å². The lowest BCUT2D eigenvalue weighted by atomic mass is 9.92. The molecule has 2 aromatic carbocycles. The quantitative estimate of drug-likeness (QED) is 0.627. The number of nitrogens with zero attached hydrogens (tertiary/aromatic N) is 3. The summed E-state index contributed by atoms with van der Waals surface area (Å²) in [6.45, 7) is 5.85. The first-order valence-corrected chi connectivity index (χ1v) is 11.8. The number of benzene rings is 2. The molecule has 2 aliphatic heterocycles. The number of hydrogen-bond donors (Lipinski definition) is 0. The van der Waals surface area contributed by atoms with Gasteiger partial charge in [-0.15, -0.1) is 0 Å². The highest BCUT2D eigenvalue weighted by Crippen LogP contribution is 2.30. The van der Waals surface area contributed by atoms with Gasteiger partial charge in [0.15, 0.2) is 5.17 Å². The van der Waals surface area contributed by atoms with Crippen molar-refractivity contribution in [2.45, 2.75) is 20.3 Å². The first-order valence-electron chi connectivity index (χ1n) is 10.8. The lowest BCUT2D eigenvalue weighted by Gasteiger charge is -2.35. The van der Waals surface area contributed by atoms with E-state index >= 15 is 0 Å². The van der Waals surface area contributed by atoms with Crippen LogP contribution in [0.25, 0.3) is 6.08 Å². The fourth-order valence-electron chi connectivity index (χ4n) is 4.20. The minimum Gasteiger partial charge on any atom is -0.341 e. The minimum absolute atomic E-state index is 0.0445. The van der Waals surface area contributed by atoms with Crippen LogP contribution in [0.5, 0.6) is 0 Å². The number of carbonyl (C=O) groups excluding carboxylic acids is 2. The lowest BCUT2D eigenvalue weighted by molar-refractivity contribution is -0.131. The number of anilines is 1. The van der Waals surface area contributed by atoms with Gasteiger partial charge in [0.1, 0.15) is 11.5 Å². The van der Waals surface area contributed by atoms with Gasteiger partial charge < -0.3 is 4.90 Å². The third-order valence-electron chi connectivity index (χ3n) is 5.56. The number of likely N-dealkylation sites (tertiary alicyclic amines) is 1. The van der Waals surface area contributed by atoms with Crippen molar-refractivity contribution in [1.82, 2.24) is 4.90 Å². The summed E-state index contributed by atoms with van der Waals surface area (Å²) in [6.07, 6.45) is 2.85. The highest BCUT2D eigenvalue weighted by atomic mass is 32.2. The van der Waals surface area contributed by atoms with Gasteiger partial charge in [0.05, 0.1) is 11.4 Å². The first kappa shape index (κ1) is 22.3. The first-order chi connectivity index (χ1) is 15.4. The molecule has 0 radical (unpaired) electrons. The average Bonchev–Trinajstić information content (AvgIpc) is 3.07. The molecule has 1 saturated heterocycles. The van der Waals surface area contributed by atoms with E-state index in [0.717, 1.165) is 25.1 Å². The third-order valence-corrected chi connectivity index (χ3v) is 6.49. The van der Waals surface area contributed by atoms with E-state index < -0.39 is 0 Å². The highest BCUT2D eigenvalue weighted by Gasteiger charge is 2.33. The Morgan fingerprint density at radius 1 is 1.09 bits per heavy atom. The Labute approximate surface area is 192 Å². The molecule has 0 spiro atoms. The summed E-state index contributed by atoms with van der Waals surface area (Å²) in [5, 5.41) is 0.426. The molecule has 7 heteroatoms. The van der Waals surface area contributed by atoms with Crippen LogP contribution >= 0.6 is 11.8 Å². The summed E-state index contributed by atoms with van der Waals surface area (Å²) in [5.74, 6) is 0.527. The number of rotatable bonds is 4. The van der Waals surface area contributed by atoms with Gasteiger partial charge in [0, 0.05) is 13.1 Å². The third kappa shape index (κ3) is 5.10. The van der Waals surface area contributed by atoms with Crippen molar-refractivity contribution in [3.05, 3.63) is 71.7 Å². The molecule has 0 aliphatic carbocycles. The van der Waals surface area contributed by atoms with Crippen LogP contribution in [-0.2, 0) is 9.59 Å². The summed E-state index contributed by atoms with van der Waals surface area (Å²) in [4.78, 5) is 34.0. The number of hydrogen-bond acceptors (Lipinski definition) is 4. The van der Waals surface area contributed by atoms with Gasteiger partial charge >= 0.3 is 0 Å². The Balaban J connectivity index is 1.56. The van der Waals surface area contributed by atoms with Crippen molar-refractivity contribution in [3.8, 4) is 0 Å². The van der Waals surface area contributed by atoms with Gasteiger partial charge in [-0.05, 0) is 54.2 Å². The van der Waals surface area contributed by atoms with Crippen molar-refractivity contribution >= 4 is 40.5 Å². The van der Waals surface area contributed by atoms with Crippen molar-refractivity contribution in [2.75, 3.05) is 23.7 Å². The topological polar surface area (TPSA) is 53.0 Å². The molecule has 32 heavy (non-hydrogen) atoms. The molecule has 5 nitrogen and oxygen atoms in total. The Kier molecular flexibility index (Phi) is 6.74. The molecule has 0 bridgehead atoms. The monoisotopic (exact) mass is 451 g/mol.